The molecule has 0 amide bonds. The molecule has 2 N–H and O–H groups in total. The number of aromatic nitrogens is 2. The van der Waals surface area contributed by atoms with E-state index in [0.29, 0.717) is 31.4 Å². The second kappa shape index (κ2) is 9.15. The minimum atomic E-state index is -0.201. The van der Waals surface area contributed by atoms with Gasteiger partial charge >= 0.3 is 0 Å². The van der Waals surface area contributed by atoms with Gasteiger partial charge in [-0.05, 0) is 36.6 Å². The number of rotatable bonds is 7. The zero-order chi connectivity index (χ0) is 18.2. The van der Waals surface area contributed by atoms with Gasteiger partial charge < -0.3 is 15.2 Å². The maximum atomic E-state index is 13.1. The lowest BCUT2D eigenvalue weighted by atomic mass is 10.1. The highest BCUT2D eigenvalue weighted by Crippen LogP contribution is 2.10. The van der Waals surface area contributed by atoms with E-state index in [1.54, 1.807) is 13.1 Å². The van der Waals surface area contributed by atoms with Crippen LogP contribution in [0.1, 0.15) is 42.6 Å². The fourth-order valence-electron chi connectivity index (χ4n) is 2.37. The van der Waals surface area contributed by atoms with Crippen LogP contribution in [0.25, 0.3) is 0 Å². The van der Waals surface area contributed by atoms with Crippen LogP contribution in [0.3, 0.4) is 0 Å². The van der Waals surface area contributed by atoms with Crippen molar-refractivity contribution < 1.29 is 8.91 Å². The summed E-state index contributed by atoms with van der Waals surface area (Å²) in [5.41, 5.74) is 2.08. The number of aliphatic imine (C=N–C) groups is 1. The SMILES string of the molecule is CN=C(NCCc1nc(C(C)C)no1)NCCc1ccc(F)cc1C. The summed E-state index contributed by atoms with van der Waals surface area (Å²) < 4.78 is 18.3. The van der Waals surface area contributed by atoms with Crippen LogP contribution in [0.4, 0.5) is 4.39 Å². The number of guanidine groups is 1. The fraction of sp³-hybridized carbons (Fsp3) is 0.500. The zero-order valence-corrected chi connectivity index (χ0v) is 15.3. The molecular weight excluding hydrogens is 321 g/mol. The largest absolute Gasteiger partial charge is 0.356 e. The Hall–Kier alpha value is -2.44. The molecule has 6 nitrogen and oxygen atoms in total. The van der Waals surface area contributed by atoms with Crippen molar-refractivity contribution in [2.45, 2.75) is 39.5 Å². The van der Waals surface area contributed by atoms with Gasteiger partial charge in [-0.1, -0.05) is 25.1 Å². The van der Waals surface area contributed by atoms with E-state index in [9.17, 15) is 4.39 Å². The molecule has 0 aliphatic rings. The minimum absolute atomic E-state index is 0.201. The van der Waals surface area contributed by atoms with Crippen LogP contribution in [0.2, 0.25) is 0 Å². The van der Waals surface area contributed by atoms with Gasteiger partial charge in [0.05, 0.1) is 0 Å². The number of hydrogen-bond donors (Lipinski definition) is 2. The number of aryl methyl sites for hydroxylation is 1. The summed E-state index contributed by atoms with van der Waals surface area (Å²) in [6.07, 6.45) is 1.44. The van der Waals surface area contributed by atoms with Gasteiger partial charge in [0.2, 0.25) is 5.89 Å². The molecule has 2 rings (SSSR count). The van der Waals surface area contributed by atoms with Crippen molar-refractivity contribution >= 4 is 5.96 Å². The van der Waals surface area contributed by atoms with Crippen LogP contribution < -0.4 is 10.6 Å². The molecule has 0 atom stereocenters. The average Bonchev–Trinajstić information content (AvgIpc) is 3.04. The molecule has 0 fully saturated rings. The van der Waals surface area contributed by atoms with E-state index in [1.165, 1.54) is 6.07 Å². The van der Waals surface area contributed by atoms with Crippen molar-refractivity contribution in [1.29, 1.82) is 0 Å². The van der Waals surface area contributed by atoms with Crippen molar-refractivity contribution in [2.24, 2.45) is 4.99 Å². The van der Waals surface area contributed by atoms with E-state index >= 15 is 0 Å². The molecule has 0 spiro atoms. The number of nitrogens with zero attached hydrogens (tertiary/aromatic N) is 3. The van der Waals surface area contributed by atoms with Gasteiger partial charge in [0, 0.05) is 32.5 Å². The second-order valence-electron chi connectivity index (χ2n) is 6.20. The minimum Gasteiger partial charge on any atom is -0.356 e. The Labute approximate surface area is 147 Å². The molecule has 7 heteroatoms. The lowest BCUT2D eigenvalue weighted by molar-refractivity contribution is 0.371. The Bertz CT molecular complexity index is 711. The molecule has 2 aromatic rings. The van der Waals surface area contributed by atoms with Gasteiger partial charge in [0.15, 0.2) is 11.8 Å². The molecule has 25 heavy (non-hydrogen) atoms. The Morgan fingerprint density at radius 1 is 1.24 bits per heavy atom. The molecule has 0 radical (unpaired) electrons. The highest BCUT2D eigenvalue weighted by molar-refractivity contribution is 5.79. The van der Waals surface area contributed by atoms with Gasteiger partial charge in [0.1, 0.15) is 5.82 Å². The third-order valence-corrected chi connectivity index (χ3v) is 3.85. The summed E-state index contributed by atoms with van der Waals surface area (Å²) in [5, 5.41) is 10.4. The first kappa shape index (κ1) is 18.9. The Morgan fingerprint density at radius 2 is 1.96 bits per heavy atom. The van der Waals surface area contributed by atoms with E-state index in [2.05, 4.69) is 25.8 Å². The highest BCUT2D eigenvalue weighted by atomic mass is 19.1. The molecule has 0 unspecified atom stereocenters. The summed E-state index contributed by atoms with van der Waals surface area (Å²) in [4.78, 5) is 8.53. The van der Waals surface area contributed by atoms with Crippen molar-refractivity contribution in [1.82, 2.24) is 20.8 Å². The summed E-state index contributed by atoms with van der Waals surface area (Å²) in [6, 6.07) is 4.87. The van der Waals surface area contributed by atoms with E-state index in [4.69, 9.17) is 4.52 Å². The molecule has 0 bridgehead atoms. The predicted octanol–water partition coefficient (Wildman–Crippen LogP) is 2.59. The van der Waals surface area contributed by atoms with Crippen LogP contribution in [-0.4, -0.2) is 36.2 Å². The molecule has 0 saturated heterocycles. The Kier molecular flexibility index (Phi) is 6.91. The first-order chi connectivity index (χ1) is 12.0. The smallest absolute Gasteiger partial charge is 0.228 e. The highest BCUT2D eigenvalue weighted by Gasteiger charge is 2.09. The molecule has 0 aliphatic carbocycles. The van der Waals surface area contributed by atoms with Crippen LogP contribution in [-0.2, 0) is 12.8 Å². The third kappa shape index (κ3) is 5.85. The van der Waals surface area contributed by atoms with E-state index < -0.39 is 0 Å². The second-order valence-corrected chi connectivity index (χ2v) is 6.20. The predicted molar refractivity (Wildman–Crippen MR) is 96.3 cm³/mol. The molecular formula is C18H26FN5O. The van der Waals surface area contributed by atoms with Crippen molar-refractivity contribution in [3.63, 3.8) is 0 Å². The monoisotopic (exact) mass is 347 g/mol. The molecule has 1 heterocycles. The van der Waals surface area contributed by atoms with Crippen molar-refractivity contribution in [3.8, 4) is 0 Å². The van der Waals surface area contributed by atoms with Crippen molar-refractivity contribution in [3.05, 3.63) is 46.9 Å². The topological polar surface area (TPSA) is 75.3 Å². The molecule has 0 saturated carbocycles. The first-order valence-corrected chi connectivity index (χ1v) is 8.51. The summed E-state index contributed by atoms with van der Waals surface area (Å²) in [5.74, 6) is 2.12. The van der Waals surface area contributed by atoms with Gasteiger partial charge in [-0.25, -0.2) is 4.39 Å². The summed E-state index contributed by atoms with van der Waals surface area (Å²) in [6.45, 7) is 7.34. The lowest BCUT2D eigenvalue weighted by Crippen LogP contribution is -2.39. The fourth-order valence-corrected chi connectivity index (χ4v) is 2.37. The quantitative estimate of drug-likeness (QED) is 0.595. The maximum Gasteiger partial charge on any atom is 0.228 e. The molecule has 1 aromatic carbocycles. The summed E-state index contributed by atoms with van der Waals surface area (Å²) >= 11 is 0. The van der Waals surface area contributed by atoms with Gasteiger partial charge in [-0.3, -0.25) is 4.99 Å². The van der Waals surface area contributed by atoms with Gasteiger partial charge in [-0.15, -0.1) is 0 Å². The van der Waals surface area contributed by atoms with E-state index in [-0.39, 0.29) is 11.7 Å². The average molecular weight is 347 g/mol. The number of hydrogen-bond acceptors (Lipinski definition) is 4. The number of halogens is 1. The van der Waals surface area contributed by atoms with Crippen molar-refractivity contribution in [2.75, 3.05) is 20.1 Å². The number of benzene rings is 1. The molecule has 136 valence electrons. The molecule has 0 aliphatic heterocycles. The van der Waals surface area contributed by atoms with Gasteiger partial charge in [-0.2, -0.15) is 4.98 Å². The zero-order valence-electron chi connectivity index (χ0n) is 15.3. The van der Waals surface area contributed by atoms with Crippen LogP contribution in [0.15, 0.2) is 27.7 Å². The lowest BCUT2D eigenvalue weighted by Gasteiger charge is -2.12. The third-order valence-electron chi connectivity index (χ3n) is 3.85. The van der Waals surface area contributed by atoms with Crippen LogP contribution in [0.5, 0.6) is 0 Å². The summed E-state index contributed by atoms with van der Waals surface area (Å²) in [7, 11) is 1.72. The molecule has 1 aromatic heterocycles. The van der Waals surface area contributed by atoms with Crippen LogP contribution >= 0.6 is 0 Å². The normalized spacial score (nSPS) is 11.8. The number of nitrogens with one attached hydrogen (secondary N) is 2. The Morgan fingerprint density at radius 3 is 2.56 bits per heavy atom. The van der Waals surface area contributed by atoms with E-state index in [0.717, 1.165) is 23.4 Å². The van der Waals surface area contributed by atoms with Crippen LogP contribution in [0, 0.1) is 12.7 Å². The maximum absolute atomic E-state index is 13.1. The van der Waals surface area contributed by atoms with Gasteiger partial charge in [0.25, 0.3) is 0 Å². The standard InChI is InChI=1S/C18H26FN5O/c1-12(2)17-23-16(25-24-17)8-10-22-18(20-4)21-9-7-14-5-6-15(19)11-13(14)3/h5-6,11-12H,7-10H2,1-4H3,(H2,20,21,22). The Balaban J connectivity index is 1.73. The first-order valence-electron chi connectivity index (χ1n) is 8.51. The van der Waals surface area contributed by atoms with E-state index in [1.807, 2.05) is 26.8 Å².